The van der Waals surface area contributed by atoms with Gasteiger partial charge in [0.05, 0.1) is 0 Å². The Balaban J connectivity index is 1.66. The van der Waals surface area contributed by atoms with Crippen LogP contribution in [0.15, 0.2) is 77.9 Å². The molecule has 0 bridgehead atoms. The predicted octanol–water partition coefficient (Wildman–Crippen LogP) is 3.42. The van der Waals surface area contributed by atoms with Crippen LogP contribution in [0.25, 0.3) is 0 Å². The van der Waals surface area contributed by atoms with Crippen LogP contribution in [0.2, 0.25) is 0 Å². The van der Waals surface area contributed by atoms with Gasteiger partial charge in [-0.15, -0.1) is 0 Å². The molecule has 2 atom stereocenters. The first-order chi connectivity index (χ1) is 14.1. The zero-order valence-corrected chi connectivity index (χ0v) is 16.7. The van der Waals surface area contributed by atoms with Gasteiger partial charge >= 0.3 is 11.9 Å². The first-order valence-corrected chi connectivity index (χ1v) is 9.41. The molecule has 0 spiro atoms. The number of nitrogens with zero attached hydrogens (tertiary/aromatic N) is 1. The molecule has 0 amide bonds. The second-order valence-corrected chi connectivity index (χ2v) is 6.41. The second-order valence-electron chi connectivity index (χ2n) is 6.41. The van der Waals surface area contributed by atoms with Gasteiger partial charge in [0, 0.05) is 6.21 Å². The smallest absolute Gasteiger partial charge is 0.330 e. The van der Waals surface area contributed by atoms with Crippen LogP contribution in [0.1, 0.15) is 25.0 Å². The van der Waals surface area contributed by atoms with Crippen molar-refractivity contribution in [2.75, 3.05) is 0 Å². The number of hydrogen-bond acceptors (Lipinski definition) is 6. The number of carbonyl (C=O) groups is 2. The van der Waals surface area contributed by atoms with E-state index in [1.807, 2.05) is 60.7 Å². The highest BCUT2D eigenvalue weighted by molar-refractivity contribution is 5.80. The summed E-state index contributed by atoms with van der Waals surface area (Å²) < 4.78 is 10.5. The van der Waals surface area contributed by atoms with Crippen molar-refractivity contribution in [1.29, 1.82) is 0 Å². The molecule has 6 nitrogen and oxygen atoms in total. The van der Waals surface area contributed by atoms with Gasteiger partial charge in [-0.3, -0.25) is 4.99 Å². The van der Waals surface area contributed by atoms with E-state index in [4.69, 9.17) is 9.47 Å². The molecule has 0 aliphatic carbocycles. The number of carbonyl (C=O) groups excluding carboxylic acids is 2. The maximum absolute atomic E-state index is 12.0. The van der Waals surface area contributed by atoms with E-state index >= 15 is 0 Å². The molecular formula is C23H26N2O4. The van der Waals surface area contributed by atoms with E-state index in [0.717, 1.165) is 11.1 Å². The lowest BCUT2D eigenvalue weighted by Crippen LogP contribution is -2.31. The van der Waals surface area contributed by atoms with Gasteiger partial charge in [-0.2, -0.15) is 0 Å². The average Bonchev–Trinajstić information content (AvgIpc) is 2.76. The summed E-state index contributed by atoms with van der Waals surface area (Å²) in [4.78, 5) is 28.0. The Hall–Kier alpha value is -3.41. The second kappa shape index (κ2) is 12.1. The molecule has 0 unspecified atom stereocenters. The SMILES string of the molecule is C[C@H](N=C/C=C/N[C@@H](C)C(=O)OCc1ccccc1)C(=O)OCc1ccccc1. The van der Waals surface area contributed by atoms with Gasteiger partial charge in [-0.1, -0.05) is 60.7 Å². The van der Waals surface area contributed by atoms with Crippen molar-refractivity contribution < 1.29 is 19.1 Å². The summed E-state index contributed by atoms with van der Waals surface area (Å²) in [5.41, 5.74) is 1.86. The lowest BCUT2D eigenvalue weighted by molar-refractivity contribution is -0.147. The summed E-state index contributed by atoms with van der Waals surface area (Å²) >= 11 is 0. The summed E-state index contributed by atoms with van der Waals surface area (Å²) in [5, 5.41) is 2.91. The Morgan fingerprint density at radius 1 is 0.897 bits per heavy atom. The molecule has 2 rings (SSSR count). The van der Waals surface area contributed by atoms with Crippen molar-refractivity contribution in [2.45, 2.75) is 39.1 Å². The number of allylic oxidation sites excluding steroid dienone is 1. The van der Waals surface area contributed by atoms with Crippen LogP contribution in [0, 0.1) is 0 Å². The van der Waals surface area contributed by atoms with Gasteiger partial charge < -0.3 is 14.8 Å². The van der Waals surface area contributed by atoms with Gasteiger partial charge in [-0.05, 0) is 37.3 Å². The summed E-state index contributed by atoms with van der Waals surface area (Å²) in [6.07, 6.45) is 4.69. The van der Waals surface area contributed by atoms with E-state index in [9.17, 15) is 9.59 Å². The quantitative estimate of drug-likeness (QED) is 0.494. The van der Waals surface area contributed by atoms with Crippen LogP contribution in [0.4, 0.5) is 0 Å². The topological polar surface area (TPSA) is 77.0 Å². The van der Waals surface area contributed by atoms with E-state index < -0.39 is 18.1 Å². The Kier molecular flexibility index (Phi) is 9.15. The van der Waals surface area contributed by atoms with Crippen LogP contribution in [-0.2, 0) is 32.3 Å². The Labute approximate surface area is 171 Å². The third kappa shape index (κ3) is 8.43. The molecule has 6 heteroatoms. The number of hydrogen-bond donors (Lipinski definition) is 1. The number of aliphatic imine (C=N–C) groups is 1. The van der Waals surface area contributed by atoms with E-state index in [2.05, 4.69) is 10.3 Å². The van der Waals surface area contributed by atoms with Crippen molar-refractivity contribution in [3.63, 3.8) is 0 Å². The van der Waals surface area contributed by atoms with E-state index in [-0.39, 0.29) is 19.2 Å². The minimum atomic E-state index is -0.614. The third-order valence-corrected chi connectivity index (χ3v) is 3.98. The monoisotopic (exact) mass is 394 g/mol. The van der Waals surface area contributed by atoms with Gasteiger partial charge in [0.1, 0.15) is 25.3 Å². The molecule has 0 radical (unpaired) electrons. The lowest BCUT2D eigenvalue weighted by atomic mass is 10.2. The molecular weight excluding hydrogens is 368 g/mol. The van der Waals surface area contributed by atoms with Crippen molar-refractivity contribution in [2.24, 2.45) is 4.99 Å². The molecule has 0 aliphatic heterocycles. The Bertz CT molecular complexity index is 819. The minimum absolute atomic E-state index is 0.222. The number of nitrogens with one attached hydrogen (secondary N) is 1. The fourth-order valence-electron chi connectivity index (χ4n) is 2.25. The normalized spacial score (nSPS) is 13.2. The highest BCUT2D eigenvalue weighted by atomic mass is 16.5. The fraction of sp³-hybridized carbons (Fsp3) is 0.261. The molecule has 0 aromatic heterocycles. The van der Waals surface area contributed by atoms with E-state index in [1.54, 1.807) is 26.1 Å². The van der Waals surface area contributed by atoms with E-state index in [1.165, 1.54) is 6.21 Å². The summed E-state index contributed by atoms with van der Waals surface area (Å²) in [6.45, 7) is 3.83. The Morgan fingerprint density at radius 3 is 1.97 bits per heavy atom. The third-order valence-electron chi connectivity index (χ3n) is 3.98. The molecule has 152 valence electrons. The van der Waals surface area contributed by atoms with E-state index in [0.29, 0.717) is 0 Å². The first-order valence-electron chi connectivity index (χ1n) is 9.41. The van der Waals surface area contributed by atoms with Gasteiger partial charge in [0.2, 0.25) is 0 Å². The zero-order chi connectivity index (χ0) is 20.9. The summed E-state index contributed by atoms with van der Waals surface area (Å²) in [7, 11) is 0. The number of ether oxygens (including phenoxy) is 2. The highest BCUT2D eigenvalue weighted by Crippen LogP contribution is 2.03. The predicted molar refractivity (Wildman–Crippen MR) is 112 cm³/mol. The van der Waals surface area contributed by atoms with Crippen LogP contribution >= 0.6 is 0 Å². The standard InChI is InChI=1S/C23H26N2O4/c1-18(22(26)28-16-20-10-5-3-6-11-20)24-14-9-15-25-19(2)23(27)29-17-21-12-7-4-8-13-21/h3-15,18-19,24H,16-17H2,1-2H3/b14-9+,25-15?/t18-,19-/m0/s1. The summed E-state index contributed by atoms with van der Waals surface area (Å²) in [6, 6.07) is 17.8. The molecule has 0 aliphatic rings. The lowest BCUT2D eigenvalue weighted by Gasteiger charge is -2.11. The number of benzene rings is 2. The summed E-state index contributed by atoms with van der Waals surface area (Å²) in [5.74, 6) is -0.752. The molecule has 0 saturated heterocycles. The van der Waals surface area contributed by atoms with Crippen molar-refractivity contribution in [3.8, 4) is 0 Å². The number of rotatable bonds is 10. The van der Waals surface area contributed by atoms with Crippen molar-refractivity contribution in [3.05, 3.63) is 84.1 Å². The fourth-order valence-corrected chi connectivity index (χ4v) is 2.25. The largest absolute Gasteiger partial charge is 0.459 e. The zero-order valence-electron chi connectivity index (χ0n) is 16.7. The maximum Gasteiger partial charge on any atom is 0.330 e. The van der Waals surface area contributed by atoms with Gasteiger partial charge in [-0.25, -0.2) is 9.59 Å². The van der Waals surface area contributed by atoms with Crippen LogP contribution < -0.4 is 5.32 Å². The molecule has 0 saturated carbocycles. The average molecular weight is 394 g/mol. The minimum Gasteiger partial charge on any atom is -0.459 e. The molecule has 1 N–H and O–H groups in total. The van der Waals surface area contributed by atoms with Crippen molar-refractivity contribution >= 4 is 18.2 Å². The van der Waals surface area contributed by atoms with Gasteiger partial charge in [0.25, 0.3) is 0 Å². The molecule has 2 aromatic carbocycles. The van der Waals surface area contributed by atoms with Crippen LogP contribution in [0.5, 0.6) is 0 Å². The molecule has 0 fully saturated rings. The number of esters is 2. The highest BCUT2D eigenvalue weighted by Gasteiger charge is 2.13. The molecule has 2 aromatic rings. The maximum atomic E-state index is 12.0. The Morgan fingerprint density at radius 2 is 1.41 bits per heavy atom. The molecule has 29 heavy (non-hydrogen) atoms. The van der Waals surface area contributed by atoms with Gasteiger partial charge in [0.15, 0.2) is 0 Å². The van der Waals surface area contributed by atoms with Crippen LogP contribution in [0.3, 0.4) is 0 Å². The van der Waals surface area contributed by atoms with Crippen LogP contribution in [-0.4, -0.2) is 30.2 Å². The van der Waals surface area contributed by atoms with Crippen molar-refractivity contribution in [1.82, 2.24) is 5.32 Å². The molecule has 0 heterocycles. The first kappa shape index (κ1) is 21.9.